The summed E-state index contributed by atoms with van der Waals surface area (Å²) in [6.45, 7) is 4.00. The van der Waals surface area contributed by atoms with Crippen molar-refractivity contribution in [2.45, 2.75) is 13.8 Å². The fourth-order valence-electron chi connectivity index (χ4n) is 1.99. The Labute approximate surface area is 121 Å². The lowest BCUT2D eigenvalue weighted by Crippen LogP contribution is -2.12. The van der Waals surface area contributed by atoms with E-state index in [1.54, 1.807) is 18.2 Å². The molecule has 0 aliphatic rings. The van der Waals surface area contributed by atoms with Gasteiger partial charge in [-0.15, -0.1) is 0 Å². The van der Waals surface area contributed by atoms with Crippen molar-refractivity contribution >= 4 is 33.2 Å². The van der Waals surface area contributed by atoms with E-state index in [9.17, 15) is 4.79 Å². The van der Waals surface area contributed by atoms with Crippen molar-refractivity contribution in [3.63, 3.8) is 0 Å². The topological polar surface area (TPSA) is 55.1 Å². The molecule has 0 atom stereocenters. The number of carbonyl (C=O) groups excluding carboxylic acids is 1. The number of nitrogens with one attached hydrogen (secondary N) is 1. The summed E-state index contributed by atoms with van der Waals surface area (Å²) in [6, 6.07) is 11.1. The van der Waals surface area contributed by atoms with Gasteiger partial charge in [0.25, 0.3) is 5.91 Å². The van der Waals surface area contributed by atoms with Gasteiger partial charge in [0.15, 0.2) is 0 Å². The normalized spacial score (nSPS) is 10.3. The highest BCUT2D eigenvalue weighted by Gasteiger charge is 2.08. The summed E-state index contributed by atoms with van der Waals surface area (Å²) < 4.78 is 0.790. The molecule has 0 unspecified atom stereocenters. The lowest BCUT2D eigenvalue weighted by molar-refractivity contribution is 0.102. The monoisotopic (exact) mass is 318 g/mol. The van der Waals surface area contributed by atoms with E-state index in [4.69, 9.17) is 5.73 Å². The maximum atomic E-state index is 12.2. The van der Waals surface area contributed by atoms with E-state index in [1.165, 1.54) is 0 Å². The largest absolute Gasteiger partial charge is 0.399 e. The van der Waals surface area contributed by atoms with Gasteiger partial charge in [-0.05, 0) is 55.3 Å². The highest BCUT2D eigenvalue weighted by Crippen LogP contribution is 2.19. The summed E-state index contributed by atoms with van der Waals surface area (Å²) in [6.07, 6.45) is 0. The Morgan fingerprint density at radius 2 is 1.68 bits per heavy atom. The fourth-order valence-corrected chi connectivity index (χ4v) is 2.50. The van der Waals surface area contributed by atoms with Crippen LogP contribution in [0.1, 0.15) is 21.5 Å². The van der Waals surface area contributed by atoms with Crippen molar-refractivity contribution in [3.8, 4) is 0 Å². The molecule has 0 radical (unpaired) electrons. The van der Waals surface area contributed by atoms with Gasteiger partial charge in [-0.3, -0.25) is 4.79 Å². The van der Waals surface area contributed by atoms with Crippen molar-refractivity contribution in [2.75, 3.05) is 11.1 Å². The highest BCUT2D eigenvalue weighted by atomic mass is 79.9. The number of rotatable bonds is 2. The van der Waals surface area contributed by atoms with Crippen molar-refractivity contribution in [3.05, 3.63) is 57.6 Å². The molecule has 2 aromatic carbocycles. The van der Waals surface area contributed by atoms with Crippen LogP contribution in [-0.4, -0.2) is 5.91 Å². The second-order valence-electron chi connectivity index (χ2n) is 4.60. The molecular formula is C15H15BrN2O. The molecule has 0 aliphatic carbocycles. The van der Waals surface area contributed by atoms with Crippen LogP contribution in [0.5, 0.6) is 0 Å². The minimum absolute atomic E-state index is 0.169. The zero-order chi connectivity index (χ0) is 14.0. The summed E-state index contributed by atoms with van der Waals surface area (Å²) in [5.74, 6) is -0.169. The third-order valence-corrected chi connectivity index (χ3v) is 3.12. The Morgan fingerprint density at radius 3 is 2.26 bits per heavy atom. The molecule has 0 saturated heterocycles. The number of benzene rings is 2. The average molecular weight is 319 g/mol. The summed E-state index contributed by atoms with van der Waals surface area (Å²) in [4.78, 5) is 12.2. The Kier molecular flexibility index (Phi) is 3.90. The van der Waals surface area contributed by atoms with Crippen LogP contribution in [-0.2, 0) is 0 Å². The molecular weight excluding hydrogens is 304 g/mol. The Balaban J connectivity index is 2.25. The molecule has 3 N–H and O–H groups in total. The van der Waals surface area contributed by atoms with Crippen LogP contribution in [0.2, 0.25) is 0 Å². The molecule has 2 rings (SSSR count). The number of amides is 1. The molecule has 2 aromatic rings. The van der Waals surface area contributed by atoms with Crippen LogP contribution in [0.3, 0.4) is 0 Å². The van der Waals surface area contributed by atoms with E-state index in [0.29, 0.717) is 11.3 Å². The van der Waals surface area contributed by atoms with Crippen LogP contribution in [0.15, 0.2) is 40.9 Å². The molecule has 0 heterocycles. The molecule has 0 aromatic heterocycles. The van der Waals surface area contributed by atoms with Gasteiger partial charge >= 0.3 is 0 Å². The first kappa shape index (κ1) is 13.6. The molecule has 3 nitrogen and oxygen atoms in total. The first-order valence-electron chi connectivity index (χ1n) is 5.90. The van der Waals surface area contributed by atoms with Crippen LogP contribution in [0.25, 0.3) is 0 Å². The Bertz CT molecular complexity index is 598. The molecule has 0 saturated carbocycles. The maximum Gasteiger partial charge on any atom is 0.255 e. The van der Waals surface area contributed by atoms with E-state index in [1.807, 2.05) is 26.0 Å². The molecule has 0 fully saturated rings. The van der Waals surface area contributed by atoms with E-state index < -0.39 is 0 Å². The fraction of sp³-hybridized carbons (Fsp3) is 0.133. The van der Waals surface area contributed by atoms with Gasteiger partial charge in [0.1, 0.15) is 0 Å². The smallest absolute Gasteiger partial charge is 0.255 e. The molecule has 0 bridgehead atoms. The number of aryl methyl sites for hydroxylation is 2. The van der Waals surface area contributed by atoms with Gasteiger partial charge < -0.3 is 11.1 Å². The Hall–Kier alpha value is -1.81. The van der Waals surface area contributed by atoms with Gasteiger partial charge in [-0.25, -0.2) is 0 Å². The van der Waals surface area contributed by atoms with Gasteiger partial charge in [0.2, 0.25) is 0 Å². The molecule has 0 aliphatic heterocycles. The lowest BCUT2D eigenvalue weighted by Gasteiger charge is -2.08. The van der Waals surface area contributed by atoms with Crippen molar-refractivity contribution in [2.24, 2.45) is 0 Å². The highest BCUT2D eigenvalue weighted by molar-refractivity contribution is 9.10. The maximum absolute atomic E-state index is 12.2. The van der Waals surface area contributed by atoms with E-state index in [0.717, 1.165) is 21.3 Å². The number of hydrogen-bond donors (Lipinski definition) is 2. The third kappa shape index (κ3) is 3.58. The minimum atomic E-state index is -0.169. The second-order valence-corrected chi connectivity index (χ2v) is 5.52. The third-order valence-electron chi connectivity index (χ3n) is 2.66. The predicted molar refractivity (Wildman–Crippen MR) is 82.4 cm³/mol. The number of nitrogen functional groups attached to an aromatic ring is 1. The summed E-state index contributed by atoms with van der Waals surface area (Å²) >= 11 is 3.33. The van der Waals surface area contributed by atoms with Crippen molar-refractivity contribution in [1.29, 1.82) is 0 Å². The van der Waals surface area contributed by atoms with Gasteiger partial charge in [-0.1, -0.05) is 22.0 Å². The predicted octanol–water partition coefficient (Wildman–Crippen LogP) is 3.90. The first-order chi connectivity index (χ1) is 8.94. The SMILES string of the molecule is Cc1cc(C)cc(NC(=O)c2cc(N)cc(Br)c2)c1. The van der Waals surface area contributed by atoms with Gasteiger partial charge in [0, 0.05) is 21.4 Å². The number of anilines is 2. The molecule has 1 amide bonds. The quantitative estimate of drug-likeness (QED) is 0.825. The van der Waals surface area contributed by atoms with Crippen LogP contribution < -0.4 is 11.1 Å². The average Bonchev–Trinajstić information content (AvgIpc) is 2.25. The van der Waals surface area contributed by atoms with E-state index >= 15 is 0 Å². The number of hydrogen-bond acceptors (Lipinski definition) is 2. The Morgan fingerprint density at radius 1 is 1.05 bits per heavy atom. The van der Waals surface area contributed by atoms with E-state index in [-0.39, 0.29) is 5.91 Å². The van der Waals surface area contributed by atoms with Crippen molar-refractivity contribution < 1.29 is 4.79 Å². The molecule has 19 heavy (non-hydrogen) atoms. The van der Waals surface area contributed by atoms with Crippen LogP contribution >= 0.6 is 15.9 Å². The number of nitrogens with two attached hydrogens (primary N) is 1. The van der Waals surface area contributed by atoms with Crippen molar-refractivity contribution in [1.82, 2.24) is 0 Å². The molecule has 0 spiro atoms. The van der Waals surface area contributed by atoms with Gasteiger partial charge in [0.05, 0.1) is 0 Å². The summed E-state index contributed by atoms with van der Waals surface area (Å²) in [5.41, 5.74) is 9.84. The lowest BCUT2D eigenvalue weighted by atomic mass is 10.1. The molecule has 4 heteroatoms. The zero-order valence-electron chi connectivity index (χ0n) is 10.8. The van der Waals surface area contributed by atoms with Crippen LogP contribution in [0.4, 0.5) is 11.4 Å². The summed E-state index contributed by atoms with van der Waals surface area (Å²) in [7, 11) is 0. The number of halogens is 1. The van der Waals surface area contributed by atoms with Gasteiger partial charge in [-0.2, -0.15) is 0 Å². The minimum Gasteiger partial charge on any atom is -0.399 e. The second kappa shape index (κ2) is 5.45. The van der Waals surface area contributed by atoms with E-state index in [2.05, 4.69) is 27.3 Å². The molecule has 98 valence electrons. The van der Waals surface area contributed by atoms with Crippen LogP contribution in [0, 0.1) is 13.8 Å². The number of carbonyl (C=O) groups is 1. The first-order valence-corrected chi connectivity index (χ1v) is 6.69. The zero-order valence-corrected chi connectivity index (χ0v) is 12.4. The standard InChI is InChI=1S/C15H15BrN2O/c1-9-3-10(2)5-14(4-9)18-15(19)11-6-12(16)8-13(17)7-11/h3-8H,17H2,1-2H3,(H,18,19). The summed E-state index contributed by atoms with van der Waals surface area (Å²) in [5, 5.41) is 2.88.